The van der Waals surface area contributed by atoms with Crippen molar-refractivity contribution in [1.82, 2.24) is 5.32 Å². The van der Waals surface area contributed by atoms with Crippen molar-refractivity contribution in [2.75, 3.05) is 24.2 Å². The van der Waals surface area contributed by atoms with Crippen LogP contribution in [0.25, 0.3) is 0 Å². The van der Waals surface area contributed by atoms with Crippen molar-refractivity contribution in [2.45, 2.75) is 40.2 Å². The van der Waals surface area contributed by atoms with Crippen molar-refractivity contribution in [3.05, 3.63) is 58.7 Å². The molecule has 1 amide bonds. The summed E-state index contributed by atoms with van der Waals surface area (Å²) in [5, 5.41) is 2.96. The Hall–Kier alpha value is -2.54. The van der Waals surface area contributed by atoms with Crippen LogP contribution < -0.4 is 14.4 Å². The van der Waals surface area contributed by atoms with Gasteiger partial charge in [0.25, 0.3) is 0 Å². The van der Waals surface area contributed by atoms with Gasteiger partial charge in [-0.1, -0.05) is 36.8 Å². The van der Waals surface area contributed by atoms with Crippen LogP contribution in [-0.2, 0) is 14.8 Å². The highest BCUT2D eigenvalue weighted by molar-refractivity contribution is 7.92. The lowest BCUT2D eigenvalue weighted by atomic mass is 10.0. The molecule has 1 atom stereocenters. The highest BCUT2D eigenvalue weighted by atomic mass is 32.2. The first kappa shape index (κ1) is 22.7. The summed E-state index contributed by atoms with van der Waals surface area (Å²) in [6.07, 6.45) is 1.80. The number of hydrogen-bond donors (Lipinski definition) is 1. The van der Waals surface area contributed by atoms with Crippen molar-refractivity contribution in [3.63, 3.8) is 0 Å². The molecule has 1 N–H and O–H groups in total. The molecule has 2 aromatic carbocycles. The van der Waals surface area contributed by atoms with Crippen molar-refractivity contribution in [2.24, 2.45) is 0 Å². The van der Waals surface area contributed by atoms with E-state index in [0.717, 1.165) is 38.6 Å². The first-order chi connectivity index (χ1) is 13.6. The number of ether oxygens (including phenoxy) is 1. The monoisotopic (exact) mass is 418 g/mol. The predicted octanol–water partition coefficient (Wildman–Crippen LogP) is 3.65. The quantitative estimate of drug-likeness (QED) is 0.710. The third-order valence-electron chi connectivity index (χ3n) is 4.87. The van der Waals surface area contributed by atoms with Crippen LogP contribution >= 0.6 is 0 Å². The zero-order chi connectivity index (χ0) is 21.8. The molecule has 158 valence electrons. The van der Waals surface area contributed by atoms with Crippen LogP contribution in [0.3, 0.4) is 0 Å². The average molecular weight is 419 g/mol. The van der Waals surface area contributed by atoms with Gasteiger partial charge in [0.1, 0.15) is 12.3 Å². The van der Waals surface area contributed by atoms with E-state index in [0.29, 0.717) is 12.1 Å². The summed E-state index contributed by atoms with van der Waals surface area (Å²) in [5.74, 6) is 0.434. The molecular weight excluding hydrogens is 388 g/mol. The van der Waals surface area contributed by atoms with E-state index < -0.39 is 10.0 Å². The van der Waals surface area contributed by atoms with Gasteiger partial charge in [0.15, 0.2) is 0 Å². The second-order valence-electron chi connectivity index (χ2n) is 7.32. The Kier molecular flexibility index (Phi) is 7.30. The minimum atomic E-state index is -3.62. The van der Waals surface area contributed by atoms with E-state index in [1.807, 2.05) is 58.0 Å². The maximum absolute atomic E-state index is 12.8. The summed E-state index contributed by atoms with van der Waals surface area (Å²) < 4.78 is 31.2. The molecule has 0 saturated carbocycles. The molecule has 0 bridgehead atoms. The molecule has 0 aliphatic carbocycles. The number of carbonyl (C=O) groups is 1. The zero-order valence-electron chi connectivity index (χ0n) is 17.9. The molecule has 0 spiro atoms. The molecule has 0 radical (unpaired) electrons. The number of hydrogen-bond acceptors (Lipinski definition) is 4. The molecule has 0 fully saturated rings. The van der Waals surface area contributed by atoms with Crippen molar-refractivity contribution in [1.29, 1.82) is 0 Å². The lowest BCUT2D eigenvalue weighted by Gasteiger charge is -2.25. The van der Waals surface area contributed by atoms with Crippen LogP contribution in [-0.4, -0.2) is 34.2 Å². The van der Waals surface area contributed by atoms with Crippen molar-refractivity contribution < 1.29 is 17.9 Å². The van der Waals surface area contributed by atoms with Crippen LogP contribution in [0.15, 0.2) is 36.4 Å². The smallest absolute Gasteiger partial charge is 0.241 e. The van der Waals surface area contributed by atoms with Crippen molar-refractivity contribution >= 4 is 21.6 Å². The summed E-state index contributed by atoms with van der Waals surface area (Å²) in [5.41, 5.74) is 4.29. The second-order valence-corrected chi connectivity index (χ2v) is 9.22. The topological polar surface area (TPSA) is 75.7 Å². The Balaban J connectivity index is 2.24. The summed E-state index contributed by atoms with van der Waals surface area (Å²) in [6, 6.07) is 11.0. The molecule has 0 heterocycles. The summed E-state index contributed by atoms with van der Waals surface area (Å²) in [4.78, 5) is 12.8. The SMILES string of the molecule is CCC(NC(=O)CN(c1ccc(C)cc1C)S(C)(=O)=O)c1ccc(OC)c(C)c1. The van der Waals surface area contributed by atoms with Crippen LogP contribution in [0.1, 0.15) is 41.6 Å². The highest BCUT2D eigenvalue weighted by Crippen LogP contribution is 2.26. The number of amides is 1. The number of benzene rings is 2. The molecule has 0 aliphatic heterocycles. The maximum Gasteiger partial charge on any atom is 0.241 e. The van der Waals surface area contributed by atoms with E-state index in [-0.39, 0.29) is 18.5 Å². The van der Waals surface area contributed by atoms with E-state index in [1.54, 1.807) is 13.2 Å². The summed E-state index contributed by atoms with van der Waals surface area (Å²) >= 11 is 0. The van der Waals surface area contributed by atoms with Crippen LogP contribution in [0, 0.1) is 20.8 Å². The fourth-order valence-electron chi connectivity index (χ4n) is 3.38. The molecule has 0 saturated heterocycles. The highest BCUT2D eigenvalue weighted by Gasteiger charge is 2.24. The number of sulfonamides is 1. The van der Waals surface area contributed by atoms with Gasteiger partial charge >= 0.3 is 0 Å². The van der Waals surface area contributed by atoms with Gasteiger partial charge in [0.05, 0.1) is 25.1 Å². The van der Waals surface area contributed by atoms with E-state index >= 15 is 0 Å². The fourth-order valence-corrected chi connectivity index (χ4v) is 4.29. The molecule has 2 rings (SSSR count). The number of nitrogens with zero attached hydrogens (tertiary/aromatic N) is 1. The molecule has 0 aromatic heterocycles. The van der Waals surface area contributed by atoms with E-state index in [1.165, 1.54) is 0 Å². The lowest BCUT2D eigenvalue weighted by molar-refractivity contribution is -0.120. The molecule has 29 heavy (non-hydrogen) atoms. The van der Waals surface area contributed by atoms with Crippen LogP contribution in [0.5, 0.6) is 5.75 Å². The first-order valence-corrected chi connectivity index (χ1v) is 11.4. The normalized spacial score (nSPS) is 12.3. The number of carbonyl (C=O) groups excluding carboxylic acids is 1. The Morgan fingerprint density at radius 1 is 1.10 bits per heavy atom. The van der Waals surface area contributed by atoms with Crippen LogP contribution in [0.2, 0.25) is 0 Å². The van der Waals surface area contributed by atoms with E-state index in [9.17, 15) is 13.2 Å². The molecule has 1 unspecified atom stereocenters. The van der Waals surface area contributed by atoms with E-state index in [4.69, 9.17) is 4.74 Å². The van der Waals surface area contributed by atoms with Gasteiger partial charge in [-0.3, -0.25) is 9.10 Å². The molecular formula is C22H30N2O4S. The third kappa shape index (κ3) is 5.73. The van der Waals surface area contributed by atoms with Gasteiger partial charge in [-0.15, -0.1) is 0 Å². The van der Waals surface area contributed by atoms with Gasteiger partial charge in [-0.05, 0) is 56.0 Å². The Morgan fingerprint density at radius 2 is 1.79 bits per heavy atom. The Labute approximate surface area is 173 Å². The van der Waals surface area contributed by atoms with Gasteiger partial charge < -0.3 is 10.1 Å². The molecule has 7 heteroatoms. The number of methoxy groups -OCH3 is 1. The third-order valence-corrected chi connectivity index (χ3v) is 6.00. The molecule has 2 aromatic rings. The van der Waals surface area contributed by atoms with E-state index in [2.05, 4.69) is 5.32 Å². The fraction of sp³-hybridized carbons (Fsp3) is 0.409. The minimum Gasteiger partial charge on any atom is -0.496 e. The van der Waals surface area contributed by atoms with Gasteiger partial charge in [-0.25, -0.2) is 8.42 Å². The number of rotatable bonds is 8. The van der Waals surface area contributed by atoms with Gasteiger partial charge in [0.2, 0.25) is 15.9 Å². The van der Waals surface area contributed by atoms with Crippen LogP contribution in [0.4, 0.5) is 5.69 Å². The Morgan fingerprint density at radius 3 is 2.31 bits per heavy atom. The predicted molar refractivity (Wildman–Crippen MR) is 117 cm³/mol. The summed E-state index contributed by atoms with van der Waals surface area (Å²) in [6.45, 7) is 7.43. The maximum atomic E-state index is 12.8. The minimum absolute atomic E-state index is 0.215. The number of nitrogens with one attached hydrogen (secondary N) is 1. The number of aryl methyl sites for hydroxylation is 3. The largest absolute Gasteiger partial charge is 0.496 e. The number of anilines is 1. The first-order valence-electron chi connectivity index (χ1n) is 9.55. The van der Waals surface area contributed by atoms with Crippen molar-refractivity contribution in [3.8, 4) is 5.75 Å². The lowest BCUT2D eigenvalue weighted by Crippen LogP contribution is -2.41. The standard InChI is InChI=1S/C22H30N2O4S/c1-7-19(18-9-11-21(28-5)17(4)13-18)23-22(25)14-24(29(6,26)27)20-10-8-15(2)12-16(20)3/h8-13,19H,7,14H2,1-6H3,(H,23,25). The Bertz CT molecular complexity index is 986. The van der Waals surface area contributed by atoms with Gasteiger partial charge in [0, 0.05) is 0 Å². The molecule has 0 aliphatic rings. The summed E-state index contributed by atoms with van der Waals surface area (Å²) in [7, 11) is -2.00. The van der Waals surface area contributed by atoms with Gasteiger partial charge in [-0.2, -0.15) is 0 Å². The second kappa shape index (κ2) is 9.31. The average Bonchev–Trinajstić information content (AvgIpc) is 2.64. The zero-order valence-corrected chi connectivity index (χ0v) is 18.8. The molecule has 6 nitrogen and oxygen atoms in total.